The zero-order chi connectivity index (χ0) is 17.1. The van der Waals surface area contributed by atoms with Gasteiger partial charge in [-0.2, -0.15) is 0 Å². The lowest BCUT2D eigenvalue weighted by Crippen LogP contribution is -2.33. The topological polar surface area (TPSA) is 71.8 Å². The van der Waals surface area contributed by atoms with E-state index in [1.54, 1.807) is 6.92 Å². The molecule has 24 heavy (non-hydrogen) atoms. The molecular weight excluding hydrogens is 308 g/mol. The molecule has 1 aliphatic heterocycles. The zero-order valence-electron chi connectivity index (χ0n) is 13.8. The molecule has 0 radical (unpaired) electrons. The van der Waals surface area contributed by atoms with Crippen LogP contribution in [0.2, 0.25) is 0 Å². The molecule has 0 atom stereocenters. The number of fused-ring (bicyclic) bond motifs is 1. The van der Waals surface area contributed by atoms with Gasteiger partial charge in [-0.25, -0.2) is 0 Å². The van der Waals surface area contributed by atoms with E-state index >= 15 is 0 Å². The molecule has 0 bridgehead atoms. The first-order valence-electron chi connectivity index (χ1n) is 7.83. The van der Waals surface area contributed by atoms with Crippen molar-refractivity contribution in [3.05, 3.63) is 41.7 Å². The van der Waals surface area contributed by atoms with Gasteiger partial charge in [-0.05, 0) is 30.3 Å². The summed E-state index contributed by atoms with van der Waals surface area (Å²) < 4.78 is 10.7. The molecule has 2 amide bonds. The van der Waals surface area contributed by atoms with Gasteiger partial charge in [0, 0.05) is 50.4 Å². The van der Waals surface area contributed by atoms with Gasteiger partial charge >= 0.3 is 0 Å². The third-order valence-electron chi connectivity index (χ3n) is 4.04. The van der Waals surface area contributed by atoms with E-state index < -0.39 is 0 Å². The zero-order valence-corrected chi connectivity index (χ0v) is 13.8. The maximum absolute atomic E-state index is 11.5. The highest BCUT2D eigenvalue weighted by molar-refractivity contribution is 5.91. The lowest BCUT2D eigenvalue weighted by Gasteiger charge is -2.24. The van der Waals surface area contributed by atoms with E-state index in [1.807, 2.05) is 35.2 Å². The number of hydrogen-bond acceptors (Lipinski definition) is 4. The van der Waals surface area contributed by atoms with Crippen LogP contribution >= 0.6 is 0 Å². The van der Waals surface area contributed by atoms with Crippen LogP contribution in [0.25, 0.3) is 11.3 Å². The molecule has 0 saturated heterocycles. The van der Waals surface area contributed by atoms with Crippen LogP contribution in [0, 0.1) is 0 Å². The third kappa shape index (κ3) is 3.49. The fourth-order valence-corrected chi connectivity index (χ4v) is 2.79. The van der Waals surface area contributed by atoms with Crippen LogP contribution in [0.15, 0.2) is 34.7 Å². The van der Waals surface area contributed by atoms with E-state index in [1.165, 1.54) is 7.11 Å². The minimum atomic E-state index is -0.192. The summed E-state index contributed by atoms with van der Waals surface area (Å²) in [6, 6.07) is 9.44. The monoisotopic (exact) mass is 328 g/mol. The number of hydrogen-bond donors (Lipinski definition) is 1. The molecule has 0 spiro atoms. The van der Waals surface area contributed by atoms with Gasteiger partial charge < -0.3 is 19.4 Å². The third-order valence-corrected chi connectivity index (χ3v) is 4.04. The molecule has 2 heterocycles. The van der Waals surface area contributed by atoms with Crippen LogP contribution in [0.3, 0.4) is 0 Å². The van der Waals surface area contributed by atoms with Gasteiger partial charge in [0.05, 0.1) is 0 Å². The first-order valence-corrected chi connectivity index (χ1v) is 7.83. The number of amides is 2. The Hall–Kier alpha value is -2.60. The fraction of sp³-hybridized carbons (Fsp3) is 0.333. The van der Waals surface area contributed by atoms with Crippen molar-refractivity contribution in [1.29, 1.82) is 0 Å². The predicted molar refractivity (Wildman–Crippen MR) is 89.4 cm³/mol. The number of nitrogens with one attached hydrogen (secondary N) is 1. The van der Waals surface area contributed by atoms with Crippen molar-refractivity contribution in [2.75, 3.05) is 25.6 Å². The SMILES string of the molecule is COCC(=O)Nc1ccc(-c2cc3c(o2)CCN(C(C)=O)C3)cc1. The molecule has 1 aromatic heterocycles. The first-order chi connectivity index (χ1) is 11.6. The molecule has 0 saturated carbocycles. The molecule has 3 rings (SSSR count). The Morgan fingerprint density at radius 3 is 2.71 bits per heavy atom. The summed E-state index contributed by atoms with van der Waals surface area (Å²) in [5, 5.41) is 2.75. The number of benzene rings is 1. The Morgan fingerprint density at radius 2 is 2.04 bits per heavy atom. The smallest absolute Gasteiger partial charge is 0.250 e. The average molecular weight is 328 g/mol. The predicted octanol–water partition coefficient (Wildman–Crippen LogP) is 2.44. The number of furan rings is 1. The highest BCUT2D eigenvalue weighted by Gasteiger charge is 2.22. The van der Waals surface area contributed by atoms with Crippen molar-refractivity contribution in [3.8, 4) is 11.3 Å². The van der Waals surface area contributed by atoms with Crippen molar-refractivity contribution in [1.82, 2.24) is 4.90 Å². The Balaban J connectivity index is 1.74. The number of rotatable bonds is 4. The molecule has 1 aromatic carbocycles. The molecule has 6 nitrogen and oxygen atoms in total. The molecule has 126 valence electrons. The summed E-state index contributed by atoms with van der Waals surface area (Å²) >= 11 is 0. The second-order valence-electron chi connectivity index (χ2n) is 5.81. The van der Waals surface area contributed by atoms with E-state index in [-0.39, 0.29) is 18.4 Å². The molecule has 6 heteroatoms. The van der Waals surface area contributed by atoms with Crippen LogP contribution in [0.4, 0.5) is 5.69 Å². The summed E-state index contributed by atoms with van der Waals surface area (Å²) in [5.41, 5.74) is 2.70. The number of ether oxygens (including phenoxy) is 1. The first kappa shape index (κ1) is 16.3. The number of anilines is 1. The van der Waals surface area contributed by atoms with Crippen molar-refractivity contribution >= 4 is 17.5 Å². The van der Waals surface area contributed by atoms with Crippen LogP contribution in [0.5, 0.6) is 0 Å². The molecule has 2 aromatic rings. The molecule has 1 aliphatic rings. The summed E-state index contributed by atoms with van der Waals surface area (Å²) in [7, 11) is 1.48. The Labute approximate surface area is 140 Å². The Kier molecular flexibility index (Phi) is 4.66. The van der Waals surface area contributed by atoms with Gasteiger partial charge in [0.2, 0.25) is 11.8 Å². The summed E-state index contributed by atoms with van der Waals surface area (Å²) in [4.78, 5) is 24.8. The van der Waals surface area contributed by atoms with Crippen LogP contribution < -0.4 is 5.32 Å². The Bertz CT molecular complexity index is 749. The lowest BCUT2D eigenvalue weighted by atomic mass is 10.1. The van der Waals surface area contributed by atoms with E-state index in [0.717, 1.165) is 29.1 Å². The standard InChI is InChI=1S/C18H20N2O4/c1-12(21)20-8-7-16-14(10-20)9-17(24-16)13-3-5-15(6-4-13)19-18(22)11-23-2/h3-6,9H,7-8,10-11H2,1-2H3,(H,19,22). The van der Waals surface area contributed by atoms with Crippen molar-refractivity contribution in [2.45, 2.75) is 19.9 Å². The minimum absolute atomic E-state index is 0.0271. The van der Waals surface area contributed by atoms with Crippen LogP contribution in [0.1, 0.15) is 18.2 Å². The van der Waals surface area contributed by atoms with Crippen molar-refractivity contribution < 1.29 is 18.7 Å². The van der Waals surface area contributed by atoms with E-state index in [0.29, 0.717) is 18.8 Å². The Morgan fingerprint density at radius 1 is 1.29 bits per heavy atom. The van der Waals surface area contributed by atoms with Gasteiger partial charge in [-0.3, -0.25) is 9.59 Å². The maximum Gasteiger partial charge on any atom is 0.250 e. The van der Waals surface area contributed by atoms with Gasteiger partial charge in [-0.15, -0.1) is 0 Å². The van der Waals surface area contributed by atoms with Gasteiger partial charge in [0.15, 0.2) is 0 Å². The molecule has 0 fully saturated rings. The molecule has 1 N–H and O–H groups in total. The highest BCUT2D eigenvalue weighted by atomic mass is 16.5. The fourth-order valence-electron chi connectivity index (χ4n) is 2.79. The average Bonchev–Trinajstić information content (AvgIpc) is 2.98. The summed E-state index contributed by atoms with van der Waals surface area (Å²) in [5.74, 6) is 1.61. The number of carbonyl (C=O) groups is 2. The number of methoxy groups -OCH3 is 1. The normalized spacial score (nSPS) is 13.5. The summed E-state index contributed by atoms with van der Waals surface area (Å²) in [6.45, 7) is 2.90. The van der Waals surface area contributed by atoms with Gasteiger partial charge in [0.1, 0.15) is 18.1 Å². The second kappa shape index (κ2) is 6.88. The van der Waals surface area contributed by atoms with E-state index in [9.17, 15) is 9.59 Å². The van der Waals surface area contributed by atoms with E-state index in [4.69, 9.17) is 9.15 Å². The highest BCUT2D eigenvalue weighted by Crippen LogP contribution is 2.30. The van der Waals surface area contributed by atoms with Crippen molar-refractivity contribution in [2.24, 2.45) is 0 Å². The largest absolute Gasteiger partial charge is 0.461 e. The number of carbonyl (C=O) groups excluding carboxylic acids is 2. The van der Waals surface area contributed by atoms with Gasteiger partial charge in [-0.1, -0.05) is 0 Å². The molecule has 0 unspecified atom stereocenters. The van der Waals surface area contributed by atoms with Crippen molar-refractivity contribution in [3.63, 3.8) is 0 Å². The number of nitrogens with zero attached hydrogens (tertiary/aromatic N) is 1. The van der Waals surface area contributed by atoms with Crippen LogP contribution in [-0.2, 0) is 27.3 Å². The van der Waals surface area contributed by atoms with Crippen LogP contribution in [-0.4, -0.2) is 37.0 Å². The van der Waals surface area contributed by atoms with Gasteiger partial charge in [0.25, 0.3) is 0 Å². The maximum atomic E-state index is 11.5. The second-order valence-corrected chi connectivity index (χ2v) is 5.81. The summed E-state index contributed by atoms with van der Waals surface area (Å²) in [6.07, 6.45) is 0.736. The minimum Gasteiger partial charge on any atom is -0.461 e. The lowest BCUT2D eigenvalue weighted by molar-refractivity contribution is -0.129. The molecular formula is C18H20N2O4. The van der Waals surface area contributed by atoms with E-state index in [2.05, 4.69) is 5.32 Å². The molecule has 0 aliphatic carbocycles. The quantitative estimate of drug-likeness (QED) is 0.936.